The lowest BCUT2D eigenvalue weighted by molar-refractivity contribution is 0.159. The first-order chi connectivity index (χ1) is 11.6. The Balaban J connectivity index is 1.89. The lowest BCUT2D eigenvalue weighted by Gasteiger charge is -2.20. The van der Waals surface area contributed by atoms with Gasteiger partial charge < -0.3 is 20.5 Å². The molecule has 0 aliphatic rings. The first kappa shape index (κ1) is 18.0. The van der Waals surface area contributed by atoms with Gasteiger partial charge in [-0.15, -0.1) is 0 Å². The van der Waals surface area contributed by atoms with Crippen LogP contribution >= 0.6 is 0 Å². The van der Waals surface area contributed by atoms with E-state index in [1.54, 1.807) is 7.11 Å². The van der Waals surface area contributed by atoms with Gasteiger partial charge in [0.1, 0.15) is 0 Å². The van der Waals surface area contributed by atoms with Crippen LogP contribution in [0, 0.1) is 6.92 Å². The molecular weight excluding hydrogens is 304 g/mol. The van der Waals surface area contributed by atoms with Gasteiger partial charge in [-0.05, 0) is 18.1 Å². The van der Waals surface area contributed by atoms with Crippen LogP contribution in [0.2, 0.25) is 0 Å². The fourth-order valence-corrected chi connectivity index (χ4v) is 2.47. The standard InChI is InChI=1S/C19H24N2O3/c1-14-7-6-10-16(11-14)18(22)12-20-19(23)21-17(13-24-2)15-8-4-3-5-9-15/h3-11,17-18,22H,12-13H2,1-2H3,(H2,20,21,23). The van der Waals surface area contributed by atoms with E-state index in [1.165, 1.54) is 0 Å². The molecule has 0 bridgehead atoms. The molecule has 0 radical (unpaired) electrons. The molecule has 0 spiro atoms. The van der Waals surface area contributed by atoms with Crippen molar-refractivity contribution in [3.8, 4) is 0 Å². The number of rotatable bonds is 7. The van der Waals surface area contributed by atoms with Crippen molar-refractivity contribution >= 4 is 6.03 Å². The number of aliphatic hydroxyl groups excluding tert-OH is 1. The van der Waals surface area contributed by atoms with Crippen molar-refractivity contribution in [3.63, 3.8) is 0 Å². The SMILES string of the molecule is COCC(NC(=O)NCC(O)c1cccc(C)c1)c1ccccc1. The summed E-state index contributed by atoms with van der Waals surface area (Å²) >= 11 is 0. The summed E-state index contributed by atoms with van der Waals surface area (Å²) in [6, 6.07) is 16.6. The number of methoxy groups -OCH3 is 1. The molecular formula is C19H24N2O3. The molecule has 2 amide bonds. The average molecular weight is 328 g/mol. The number of aryl methyl sites for hydroxylation is 1. The molecule has 0 heterocycles. The molecule has 2 aromatic carbocycles. The topological polar surface area (TPSA) is 70.6 Å². The van der Waals surface area contributed by atoms with Crippen molar-refractivity contribution in [2.75, 3.05) is 20.3 Å². The third-order valence-corrected chi connectivity index (χ3v) is 3.72. The summed E-state index contributed by atoms with van der Waals surface area (Å²) in [7, 11) is 1.59. The predicted molar refractivity (Wildman–Crippen MR) is 93.7 cm³/mol. The van der Waals surface area contributed by atoms with E-state index in [1.807, 2.05) is 61.5 Å². The van der Waals surface area contributed by atoms with Crippen molar-refractivity contribution in [2.45, 2.75) is 19.1 Å². The van der Waals surface area contributed by atoms with E-state index in [0.29, 0.717) is 6.61 Å². The Kier molecular flexibility index (Phi) is 6.78. The molecule has 0 fully saturated rings. The van der Waals surface area contributed by atoms with Gasteiger partial charge in [-0.3, -0.25) is 0 Å². The third-order valence-electron chi connectivity index (χ3n) is 3.72. The molecule has 2 aromatic rings. The van der Waals surface area contributed by atoms with Crippen LogP contribution in [-0.4, -0.2) is 31.4 Å². The largest absolute Gasteiger partial charge is 0.387 e. The summed E-state index contributed by atoms with van der Waals surface area (Å²) in [5.74, 6) is 0. The smallest absolute Gasteiger partial charge is 0.315 e. The zero-order chi connectivity index (χ0) is 17.4. The number of aliphatic hydroxyl groups is 1. The van der Waals surface area contributed by atoms with E-state index in [4.69, 9.17) is 4.74 Å². The van der Waals surface area contributed by atoms with Crippen LogP contribution in [0.1, 0.15) is 28.8 Å². The fraction of sp³-hybridized carbons (Fsp3) is 0.316. The molecule has 0 saturated carbocycles. The summed E-state index contributed by atoms with van der Waals surface area (Å²) in [6.45, 7) is 2.48. The van der Waals surface area contributed by atoms with E-state index in [2.05, 4.69) is 10.6 Å². The van der Waals surface area contributed by atoms with E-state index < -0.39 is 6.10 Å². The second-order valence-corrected chi connectivity index (χ2v) is 5.70. The number of ether oxygens (including phenoxy) is 1. The molecule has 0 aromatic heterocycles. The highest BCUT2D eigenvalue weighted by atomic mass is 16.5. The van der Waals surface area contributed by atoms with Crippen LogP contribution in [0.3, 0.4) is 0 Å². The number of urea groups is 1. The third kappa shape index (κ3) is 5.37. The number of amides is 2. The van der Waals surface area contributed by atoms with Gasteiger partial charge in [-0.1, -0.05) is 60.2 Å². The first-order valence-corrected chi connectivity index (χ1v) is 7.93. The number of carbonyl (C=O) groups is 1. The Bertz CT molecular complexity index is 646. The fourth-order valence-electron chi connectivity index (χ4n) is 2.47. The highest BCUT2D eigenvalue weighted by Crippen LogP contribution is 2.14. The quantitative estimate of drug-likeness (QED) is 0.732. The molecule has 0 aliphatic carbocycles. The highest BCUT2D eigenvalue weighted by Gasteiger charge is 2.15. The van der Waals surface area contributed by atoms with Crippen LogP contribution in [0.15, 0.2) is 54.6 Å². The summed E-state index contributed by atoms with van der Waals surface area (Å²) in [6.07, 6.45) is -0.742. The molecule has 0 aliphatic heterocycles. The molecule has 2 unspecified atom stereocenters. The minimum atomic E-state index is -0.742. The first-order valence-electron chi connectivity index (χ1n) is 7.93. The average Bonchev–Trinajstić information content (AvgIpc) is 2.60. The van der Waals surface area contributed by atoms with Gasteiger partial charge in [0.15, 0.2) is 0 Å². The van der Waals surface area contributed by atoms with Gasteiger partial charge in [0.25, 0.3) is 0 Å². The second-order valence-electron chi connectivity index (χ2n) is 5.70. The van der Waals surface area contributed by atoms with Crippen molar-refractivity contribution in [1.29, 1.82) is 0 Å². The van der Waals surface area contributed by atoms with E-state index in [0.717, 1.165) is 16.7 Å². The molecule has 2 rings (SSSR count). The van der Waals surface area contributed by atoms with Crippen LogP contribution in [0.5, 0.6) is 0 Å². The van der Waals surface area contributed by atoms with Crippen molar-refractivity contribution in [3.05, 3.63) is 71.3 Å². The number of nitrogens with one attached hydrogen (secondary N) is 2. The number of hydrogen-bond acceptors (Lipinski definition) is 3. The molecule has 128 valence electrons. The van der Waals surface area contributed by atoms with Crippen LogP contribution < -0.4 is 10.6 Å². The maximum absolute atomic E-state index is 12.1. The summed E-state index contributed by atoms with van der Waals surface area (Å²) in [5.41, 5.74) is 2.82. The van der Waals surface area contributed by atoms with Crippen molar-refractivity contribution in [1.82, 2.24) is 10.6 Å². The zero-order valence-electron chi connectivity index (χ0n) is 14.0. The Morgan fingerprint density at radius 1 is 1.12 bits per heavy atom. The van der Waals surface area contributed by atoms with Gasteiger partial charge in [0.05, 0.1) is 18.8 Å². The second kappa shape index (κ2) is 9.05. The molecule has 5 heteroatoms. The lowest BCUT2D eigenvalue weighted by Crippen LogP contribution is -2.41. The monoisotopic (exact) mass is 328 g/mol. The number of benzene rings is 2. The normalized spacial score (nSPS) is 13.1. The highest BCUT2D eigenvalue weighted by molar-refractivity contribution is 5.74. The Hall–Kier alpha value is -2.37. The maximum atomic E-state index is 12.1. The van der Waals surface area contributed by atoms with Crippen molar-refractivity contribution < 1.29 is 14.6 Å². The van der Waals surface area contributed by atoms with Gasteiger partial charge >= 0.3 is 6.03 Å². The summed E-state index contributed by atoms with van der Waals surface area (Å²) in [5, 5.41) is 15.8. The van der Waals surface area contributed by atoms with E-state index in [9.17, 15) is 9.90 Å². The van der Waals surface area contributed by atoms with Gasteiger partial charge in [-0.2, -0.15) is 0 Å². The molecule has 5 nitrogen and oxygen atoms in total. The van der Waals surface area contributed by atoms with Gasteiger partial charge in [-0.25, -0.2) is 4.79 Å². The van der Waals surface area contributed by atoms with Gasteiger partial charge in [0.2, 0.25) is 0 Å². The Morgan fingerprint density at radius 2 is 1.83 bits per heavy atom. The van der Waals surface area contributed by atoms with Crippen LogP contribution in [0.4, 0.5) is 4.79 Å². The van der Waals surface area contributed by atoms with E-state index in [-0.39, 0.29) is 18.6 Å². The minimum absolute atomic E-state index is 0.143. The van der Waals surface area contributed by atoms with Crippen LogP contribution in [0.25, 0.3) is 0 Å². The van der Waals surface area contributed by atoms with E-state index >= 15 is 0 Å². The predicted octanol–water partition coefficient (Wildman–Crippen LogP) is 2.72. The molecule has 3 N–H and O–H groups in total. The Morgan fingerprint density at radius 3 is 2.50 bits per heavy atom. The zero-order valence-corrected chi connectivity index (χ0v) is 14.0. The number of hydrogen-bond donors (Lipinski definition) is 3. The molecule has 2 atom stereocenters. The summed E-state index contributed by atoms with van der Waals surface area (Å²) in [4.78, 5) is 12.1. The number of carbonyl (C=O) groups excluding carboxylic acids is 1. The minimum Gasteiger partial charge on any atom is -0.387 e. The maximum Gasteiger partial charge on any atom is 0.315 e. The molecule has 24 heavy (non-hydrogen) atoms. The van der Waals surface area contributed by atoms with Crippen LogP contribution in [-0.2, 0) is 4.74 Å². The lowest BCUT2D eigenvalue weighted by atomic mass is 10.1. The summed E-state index contributed by atoms with van der Waals surface area (Å²) < 4.78 is 5.18. The van der Waals surface area contributed by atoms with Gasteiger partial charge in [0, 0.05) is 13.7 Å². The van der Waals surface area contributed by atoms with Crippen molar-refractivity contribution in [2.24, 2.45) is 0 Å². The Labute approximate surface area is 142 Å². The molecule has 0 saturated heterocycles.